The van der Waals surface area contributed by atoms with E-state index in [0.717, 1.165) is 16.9 Å². The Morgan fingerprint density at radius 3 is 2.67 bits per heavy atom. The Bertz CT molecular complexity index is 471. The van der Waals surface area contributed by atoms with Crippen LogP contribution in [-0.2, 0) is 6.54 Å². The van der Waals surface area contributed by atoms with Gasteiger partial charge in [-0.15, -0.1) is 0 Å². The minimum Gasteiger partial charge on any atom is -0.326 e. The zero-order valence-electron chi connectivity index (χ0n) is 9.07. The van der Waals surface area contributed by atoms with Crippen LogP contribution in [0.25, 0.3) is 5.69 Å². The van der Waals surface area contributed by atoms with Gasteiger partial charge in [0.05, 0.1) is 11.4 Å². The minimum atomic E-state index is 0.563. The van der Waals surface area contributed by atoms with Crippen LogP contribution in [0, 0.1) is 13.8 Å². The summed E-state index contributed by atoms with van der Waals surface area (Å²) in [5.74, 6) is 0. The van der Waals surface area contributed by atoms with Gasteiger partial charge >= 0.3 is 0 Å². The van der Waals surface area contributed by atoms with Crippen LogP contribution < -0.4 is 5.73 Å². The molecule has 78 valence electrons. The highest BCUT2D eigenvalue weighted by molar-refractivity contribution is 5.42. The SMILES string of the molecule is Cc1ccn(-c2cc(CN)ccc2C)n1. The normalized spacial score (nSPS) is 10.6. The summed E-state index contributed by atoms with van der Waals surface area (Å²) in [5, 5.41) is 4.39. The lowest BCUT2D eigenvalue weighted by Crippen LogP contribution is -2.02. The fourth-order valence-corrected chi connectivity index (χ4v) is 1.58. The van der Waals surface area contributed by atoms with Crippen molar-refractivity contribution in [3.05, 3.63) is 47.3 Å². The van der Waals surface area contributed by atoms with Crippen LogP contribution in [0.2, 0.25) is 0 Å². The number of nitrogens with two attached hydrogens (primary N) is 1. The van der Waals surface area contributed by atoms with Crippen molar-refractivity contribution >= 4 is 0 Å². The first-order valence-electron chi connectivity index (χ1n) is 5.03. The molecule has 0 amide bonds. The molecule has 1 heterocycles. The van der Waals surface area contributed by atoms with Gasteiger partial charge in [-0.05, 0) is 37.1 Å². The predicted molar refractivity (Wildman–Crippen MR) is 60.9 cm³/mol. The van der Waals surface area contributed by atoms with Crippen molar-refractivity contribution in [3.63, 3.8) is 0 Å². The van der Waals surface area contributed by atoms with Crippen LogP contribution >= 0.6 is 0 Å². The molecule has 0 radical (unpaired) electrons. The molecule has 0 aliphatic rings. The summed E-state index contributed by atoms with van der Waals surface area (Å²) >= 11 is 0. The van der Waals surface area contributed by atoms with Gasteiger partial charge in [0, 0.05) is 12.7 Å². The van der Waals surface area contributed by atoms with Crippen LogP contribution in [-0.4, -0.2) is 9.78 Å². The molecule has 0 aliphatic carbocycles. The molecule has 15 heavy (non-hydrogen) atoms. The number of rotatable bonds is 2. The number of aromatic nitrogens is 2. The Morgan fingerprint density at radius 2 is 2.07 bits per heavy atom. The smallest absolute Gasteiger partial charge is 0.0678 e. The molecule has 0 unspecified atom stereocenters. The van der Waals surface area contributed by atoms with Gasteiger partial charge in [0.25, 0.3) is 0 Å². The molecule has 2 N–H and O–H groups in total. The Kier molecular flexibility index (Phi) is 2.56. The summed E-state index contributed by atoms with van der Waals surface area (Å²) in [6.45, 7) is 4.62. The van der Waals surface area contributed by atoms with Crippen molar-refractivity contribution in [2.45, 2.75) is 20.4 Å². The molecule has 0 spiro atoms. The highest BCUT2D eigenvalue weighted by Crippen LogP contribution is 2.15. The average Bonchev–Trinajstić information content (AvgIpc) is 2.65. The average molecular weight is 201 g/mol. The van der Waals surface area contributed by atoms with E-state index >= 15 is 0 Å². The first-order valence-corrected chi connectivity index (χ1v) is 5.03. The highest BCUT2D eigenvalue weighted by atomic mass is 15.3. The molecule has 2 aromatic rings. The summed E-state index contributed by atoms with van der Waals surface area (Å²) in [6.07, 6.45) is 1.97. The van der Waals surface area contributed by atoms with E-state index in [0.29, 0.717) is 6.54 Å². The molecule has 0 saturated heterocycles. The summed E-state index contributed by atoms with van der Waals surface area (Å²) in [5.41, 5.74) is 10.1. The van der Waals surface area contributed by atoms with Gasteiger partial charge in [-0.1, -0.05) is 12.1 Å². The number of nitrogens with zero attached hydrogens (tertiary/aromatic N) is 2. The minimum absolute atomic E-state index is 0.563. The van der Waals surface area contributed by atoms with E-state index in [-0.39, 0.29) is 0 Å². The van der Waals surface area contributed by atoms with Crippen molar-refractivity contribution < 1.29 is 0 Å². The van der Waals surface area contributed by atoms with Crippen molar-refractivity contribution in [1.82, 2.24) is 9.78 Å². The van der Waals surface area contributed by atoms with Crippen LogP contribution in [0.5, 0.6) is 0 Å². The summed E-state index contributed by atoms with van der Waals surface area (Å²) in [7, 11) is 0. The molecule has 0 fully saturated rings. The Balaban J connectivity index is 2.51. The van der Waals surface area contributed by atoms with Crippen LogP contribution in [0.3, 0.4) is 0 Å². The quantitative estimate of drug-likeness (QED) is 0.807. The van der Waals surface area contributed by atoms with E-state index in [2.05, 4.69) is 30.2 Å². The zero-order chi connectivity index (χ0) is 10.8. The van der Waals surface area contributed by atoms with Gasteiger partial charge in [0.15, 0.2) is 0 Å². The van der Waals surface area contributed by atoms with E-state index in [4.69, 9.17) is 5.73 Å². The van der Waals surface area contributed by atoms with Gasteiger partial charge in [-0.2, -0.15) is 5.10 Å². The molecule has 1 aromatic carbocycles. The molecule has 0 aliphatic heterocycles. The maximum Gasteiger partial charge on any atom is 0.0678 e. The van der Waals surface area contributed by atoms with E-state index in [1.807, 2.05) is 23.9 Å². The maximum absolute atomic E-state index is 5.62. The second-order valence-corrected chi connectivity index (χ2v) is 3.73. The molecule has 3 heteroatoms. The molecular weight excluding hydrogens is 186 g/mol. The van der Waals surface area contributed by atoms with Crippen LogP contribution in [0.1, 0.15) is 16.8 Å². The molecule has 1 aromatic heterocycles. The number of hydrogen-bond donors (Lipinski definition) is 1. The first kappa shape index (κ1) is 9.93. The van der Waals surface area contributed by atoms with Crippen molar-refractivity contribution in [2.75, 3.05) is 0 Å². The first-order chi connectivity index (χ1) is 7.20. The van der Waals surface area contributed by atoms with Crippen molar-refractivity contribution in [1.29, 1.82) is 0 Å². The lowest BCUT2D eigenvalue weighted by Gasteiger charge is -2.07. The number of aryl methyl sites for hydroxylation is 2. The van der Waals surface area contributed by atoms with Crippen LogP contribution in [0.4, 0.5) is 0 Å². The molecular formula is C12H15N3. The standard InChI is InChI=1S/C12H15N3/c1-9-3-4-11(8-13)7-12(9)15-6-5-10(2)14-15/h3-7H,8,13H2,1-2H3. The summed E-state index contributed by atoms with van der Waals surface area (Å²) in [4.78, 5) is 0. The number of benzene rings is 1. The predicted octanol–water partition coefficient (Wildman–Crippen LogP) is 1.95. The molecule has 0 bridgehead atoms. The second kappa shape index (κ2) is 3.87. The molecule has 0 saturated carbocycles. The fourth-order valence-electron chi connectivity index (χ4n) is 1.58. The topological polar surface area (TPSA) is 43.8 Å². The lowest BCUT2D eigenvalue weighted by atomic mass is 10.1. The van der Waals surface area contributed by atoms with E-state index < -0.39 is 0 Å². The second-order valence-electron chi connectivity index (χ2n) is 3.73. The molecule has 2 rings (SSSR count). The van der Waals surface area contributed by atoms with Gasteiger partial charge in [0.1, 0.15) is 0 Å². The van der Waals surface area contributed by atoms with Gasteiger partial charge < -0.3 is 5.73 Å². The van der Waals surface area contributed by atoms with Gasteiger partial charge in [-0.3, -0.25) is 0 Å². The Labute approximate surface area is 89.5 Å². The largest absolute Gasteiger partial charge is 0.326 e. The Morgan fingerprint density at radius 1 is 1.27 bits per heavy atom. The maximum atomic E-state index is 5.62. The van der Waals surface area contributed by atoms with Crippen LogP contribution in [0.15, 0.2) is 30.5 Å². The third-order valence-corrected chi connectivity index (χ3v) is 2.48. The number of hydrogen-bond acceptors (Lipinski definition) is 2. The lowest BCUT2D eigenvalue weighted by molar-refractivity contribution is 0.852. The summed E-state index contributed by atoms with van der Waals surface area (Å²) in [6, 6.07) is 8.21. The van der Waals surface area contributed by atoms with Gasteiger partial charge in [0.2, 0.25) is 0 Å². The Hall–Kier alpha value is -1.61. The van der Waals surface area contributed by atoms with Crippen molar-refractivity contribution in [3.8, 4) is 5.69 Å². The fraction of sp³-hybridized carbons (Fsp3) is 0.250. The van der Waals surface area contributed by atoms with E-state index in [1.54, 1.807) is 0 Å². The van der Waals surface area contributed by atoms with Crippen molar-refractivity contribution in [2.24, 2.45) is 5.73 Å². The molecule has 3 nitrogen and oxygen atoms in total. The molecule has 0 atom stereocenters. The highest BCUT2D eigenvalue weighted by Gasteiger charge is 2.03. The van der Waals surface area contributed by atoms with Gasteiger partial charge in [-0.25, -0.2) is 4.68 Å². The zero-order valence-corrected chi connectivity index (χ0v) is 9.07. The monoisotopic (exact) mass is 201 g/mol. The third kappa shape index (κ3) is 1.92. The summed E-state index contributed by atoms with van der Waals surface area (Å²) < 4.78 is 1.89. The van der Waals surface area contributed by atoms with E-state index in [9.17, 15) is 0 Å². The third-order valence-electron chi connectivity index (χ3n) is 2.48. The van der Waals surface area contributed by atoms with E-state index in [1.165, 1.54) is 5.56 Å².